The molecule has 6 nitrogen and oxygen atoms in total. The molecule has 2 aromatic carbocycles. The summed E-state index contributed by atoms with van der Waals surface area (Å²) in [5.41, 5.74) is 2.33. The molecule has 0 saturated carbocycles. The lowest BCUT2D eigenvalue weighted by Gasteiger charge is -2.12. The van der Waals surface area contributed by atoms with Crippen LogP contribution < -0.4 is 10.1 Å². The first-order chi connectivity index (χ1) is 13.7. The number of carbonyl (C=O) groups excluding carboxylic acids is 2. The van der Waals surface area contributed by atoms with Gasteiger partial charge >= 0.3 is 5.97 Å². The van der Waals surface area contributed by atoms with E-state index in [0.29, 0.717) is 27.0 Å². The highest BCUT2D eigenvalue weighted by molar-refractivity contribution is 6.36. The summed E-state index contributed by atoms with van der Waals surface area (Å²) < 4.78 is 10.1. The number of methoxy groups -OCH3 is 1. The van der Waals surface area contributed by atoms with Gasteiger partial charge in [0.25, 0.3) is 5.91 Å². The van der Waals surface area contributed by atoms with Gasteiger partial charge in [0, 0.05) is 5.02 Å². The van der Waals surface area contributed by atoms with Gasteiger partial charge in [-0.25, -0.2) is 4.79 Å². The van der Waals surface area contributed by atoms with Gasteiger partial charge in [-0.05, 0) is 66.9 Å². The molecule has 29 heavy (non-hydrogen) atoms. The number of rotatable bonds is 6. The zero-order valence-corrected chi connectivity index (χ0v) is 17.5. The Hall–Kier alpha value is -3.01. The van der Waals surface area contributed by atoms with Crippen LogP contribution in [0.25, 0.3) is 6.08 Å². The van der Waals surface area contributed by atoms with Gasteiger partial charge in [-0.3, -0.25) is 4.79 Å². The number of benzene rings is 2. The smallest absolute Gasteiger partial charge is 0.343 e. The average Bonchev–Trinajstić information content (AvgIpc) is 2.67. The Kier molecular flexibility index (Phi) is 7.66. The van der Waals surface area contributed by atoms with Gasteiger partial charge in [0.15, 0.2) is 6.61 Å². The molecule has 8 heteroatoms. The van der Waals surface area contributed by atoms with Crippen LogP contribution in [-0.2, 0) is 14.3 Å². The van der Waals surface area contributed by atoms with Crippen LogP contribution in [0.15, 0.2) is 35.9 Å². The molecule has 2 aromatic rings. The van der Waals surface area contributed by atoms with Gasteiger partial charge in [-0.15, -0.1) is 0 Å². The topological polar surface area (TPSA) is 88.4 Å². The Balaban J connectivity index is 2.26. The van der Waals surface area contributed by atoms with Crippen molar-refractivity contribution in [2.75, 3.05) is 19.0 Å². The summed E-state index contributed by atoms with van der Waals surface area (Å²) in [7, 11) is 1.28. The van der Waals surface area contributed by atoms with E-state index in [2.05, 4.69) is 10.1 Å². The Morgan fingerprint density at radius 2 is 1.83 bits per heavy atom. The summed E-state index contributed by atoms with van der Waals surface area (Å²) >= 11 is 12.0. The highest BCUT2D eigenvalue weighted by atomic mass is 35.5. The normalized spacial score (nSPS) is 10.8. The van der Waals surface area contributed by atoms with E-state index in [-0.39, 0.29) is 12.2 Å². The summed E-state index contributed by atoms with van der Waals surface area (Å²) in [4.78, 5) is 23.8. The maximum absolute atomic E-state index is 12.5. The first-order valence-corrected chi connectivity index (χ1v) is 9.19. The molecule has 0 bridgehead atoms. The predicted octanol–water partition coefficient (Wildman–Crippen LogP) is 4.71. The fourth-order valence-corrected chi connectivity index (χ4v) is 2.92. The van der Waals surface area contributed by atoms with Crippen molar-refractivity contribution in [3.63, 3.8) is 0 Å². The lowest BCUT2D eigenvalue weighted by molar-refractivity contribution is -0.142. The highest BCUT2D eigenvalue weighted by Gasteiger charge is 2.14. The standard InChI is InChI=1S/C21H18Cl2N2O4/c1-12-6-14(7-13(2)20(12)29-11-19(26)28-3)8-15(10-24)21(27)25-18-9-16(22)4-5-17(18)23/h4-9H,11H2,1-3H3,(H,25,27). The van der Waals surface area contributed by atoms with Crippen molar-refractivity contribution in [1.29, 1.82) is 5.26 Å². The molecule has 0 fully saturated rings. The minimum atomic E-state index is -0.613. The molecule has 0 aliphatic rings. The summed E-state index contributed by atoms with van der Waals surface area (Å²) in [6, 6.07) is 10.0. The van der Waals surface area contributed by atoms with Gasteiger partial charge in [0.2, 0.25) is 0 Å². The van der Waals surface area contributed by atoms with E-state index >= 15 is 0 Å². The molecule has 2 rings (SSSR count). The van der Waals surface area contributed by atoms with Crippen molar-refractivity contribution in [3.05, 3.63) is 62.6 Å². The Bertz CT molecular complexity index is 1000. The van der Waals surface area contributed by atoms with Crippen LogP contribution in [0.3, 0.4) is 0 Å². The number of hydrogen-bond donors (Lipinski definition) is 1. The summed E-state index contributed by atoms with van der Waals surface area (Å²) in [6.45, 7) is 3.39. The predicted molar refractivity (Wildman–Crippen MR) is 112 cm³/mol. The van der Waals surface area contributed by atoms with E-state index in [9.17, 15) is 14.9 Å². The van der Waals surface area contributed by atoms with Crippen molar-refractivity contribution < 1.29 is 19.1 Å². The SMILES string of the molecule is COC(=O)COc1c(C)cc(C=C(C#N)C(=O)Nc2cc(Cl)ccc2Cl)cc1C. The quantitative estimate of drug-likeness (QED) is 0.405. The van der Waals surface area contributed by atoms with E-state index in [0.717, 1.165) is 11.1 Å². The van der Waals surface area contributed by atoms with Crippen LogP contribution in [-0.4, -0.2) is 25.6 Å². The average molecular weight is 433 g/mol. The number of nitrogens with zero attached hydrogens (tertiary/aromatic N) is 1. The number of hydrogen-bond acceptors (Lipinski definition) is 5. The van der Waals surface area contributed by atoms with Crippen LogP contribution in [0.4, 0.5) is 5.69 Å². The molecule has 0 atom stereocenters. The summed E-state index contributed by atoms with van der Waals surface area (Å²) in [5, 5.41) is 12.7. The maximum atomic E-state index is 12.5. The van der Waals surface area contributed by atoms with Gasteiger partial charge in [-0.2, -0.15) is 5.26 Å². The lowest BCUT2D eigenvalue weighted by Crippen LogP contribution is -2.14. The number of nitriles is 1. The molecule has 1 N–H and O–H groups in total. The number of esters is 1. The van der Waals surface area contributed by atoms with E-state index in [1.54, 1.807) is 38.1 Å². The highest BCUT2D eigenvalue weighted by Crippen LogP contribution is 2.28. The third-order valence-corrected chi connectivity index (χ3v) is 4.46. The molecular formula is C21H18Cl2N2O4. The maximum Gasteiger partial charge on any atom is 0.343 e. The van der Waals surface area contributed by atoms with Gasteiger partial charge in [0.05, 0.1) is 17.8 Å². The lowest BCUT2D eigenvalue weighted by atomic mass is 10.0. The van der Waals surface area contributed by atoms with Gasteiger partial charge in [0.1, 0.15) is 17.4 Å². The second-order valence-electron chi connectivity index (χ2n) is 6.10. The van der Waals surface area contributed by atoms with Crippen LogP contribution in [0.5, 0.6) is 5.75 Å². The molecular weight excluding hydrogens is 415 g/mol. The fraction of sp³-hybridized carbons (Fsp3) is 0.190. The van der Waals surface area contributed by atoms with E-state index in [1.807, 2.05) is 6.07 Å². The fourth-order valence-electron chi connectivity index (χ4n) is 2.58. The monoisotopic (exact) mass is 432 g/mol. The molecule has 1 amide bonds. The molecule has 0 aliphatic carbocycles. The Morgan fingerprint density at radius 1 is 1.17 bits per heavy atom. The first kappa shape index (κ1) is 22.3. The van der Waals surface area contributed by atoms with Crippen LogP contribution in [0.2, 0.25) is 10.0 Å². The Labute approximate surface area is 178 Å². The number of ether oxygens (including phenoxy) is 2. The molecule has 150 valence electrons. The van der Waals surface area contributed by atoms with E-state index < -0.39 is 11.9 Å². The number of amides is 1. The van der Waals surface area contributed by atoms with E-state index in [1.165, 1.54) is 19.3 Å². The first-order valence-electron chi connectivity index (χ1n) is 8.44. The minimum absolute atomic E-state index is 0.108. The van der Waals surface area contributed by atoms with Crippen LogP contribution in [0.1, 0.15) is 16.7 Å². The molecule has 0 spiro atoms. The molecule has 0 aliphatic heterocycles. The zero-order chi connectivity index (χ0) is 21.6. The Morgan fingerprint density at radius 3 is 2.41 bits per heavy atom. The van der Waals surface area contributed by atoms with Gasteiger partial charge in [-0.1, -0.05) is 23.2 Å². The van der Waals surface area contributed by atoms with E-state index in [4.69, 9.17) is 27.9 Å². The number of aryl methyl sites for hydroxylation is 2. The second-order valence-corrected chi connectivity index (χ2v) is 6.94. The minimum Gasteiger partial charge on any atom is -0.481 e. The van der Waals surface area contributed by atoms with Crippen molar-refractivity contribution in [3.8, 4) is 11.8 Å². The molecule has 0 aromatic heterocycles. The van der Waals surface area contributed by atoms with Crippen molar-refractivity contribution in [2.24, 2.45) is 0 Å². The zero-order valence-electron chi connectivity index (χ0n) is 16.0. The third-order valence-electron chi connectivity index (χ3n) is 3.90. The number of nitrogens with one attached hydrogen (secondary N) is 1. The number of carbonyl (C=O) groups is 2. The molecule has 0 radical (unpaired) electrons. The van der Waals surface area contributed by atoms with Crippen molar-refractivity contribution >= 4 is 46.8 Å². The van der Waals surface area contributed by atoms with Gasteiger partial charge < -0.3 is 14.8 Å². The third kappa shape index (κ3) is 5.98. The van der Waals surface area contributed by atoms with Crippen LogP contribution >= 0.6 is 23.2 Å². The molecule has 0 unspecified atom stereocenters. The summed E-state index contributed by atoms with van der Waals surface area (Å²) in [6.07, 6.45) is 1.46. The van der Waals surface area contributed by atoms with Crippen molar-refractivity contribution in [2.45, 2.75) is 13.8 Å². The van der Waals surface area contributed by atoms with Crippen molar-refractivity contribution in [1.82, 2.24) is 0 Å². The number of anilines is 1. The second kappa shape index (κ2) is 9.97. The largest absolute Gasteiger partial charge is 0.481 e. The van der Waals surface area contributed by atoms with Crippen LogP contribution in [0, 0.1) is 25.2 Å². The molecule has 0 saturated heterocycles. The summed E-state index contributed by atoms with van der Waals surface area (Å²) in [5.74, 6) is -0.560. The number of halogens is 2. The molecule has 0 heterocycles.